The van der Waals surface area contributed by atoms with Crippen LogP contribution in [0.1, 0.15) is 27.3 Å². The van der Waals surface area contributed by atoms with E-state index in [1.165, 1.54) is 0 Å². The number of benzene rings is 1. The van der Waals surface area contributed by atoms with Crippen LogP contribution in [-0.2, 0) is 6.54 Å². The molecule has 0 radical (unpaired) electrons. The molecular formula is C13H14BrN3O. The summed E-state index contributed by atoms with van der Waals surface area (Å²) in [5.41, 5.74) is 8.87. The lowest BCUT2D eigenvalue weighted by molar-refractivity contribution is 0.100. The highest BCUT2D eigenvalue weighted by molar-refractivity contribution is 9.10. The van der Waals surface area contributed by atoms with E-state index in [9.17, 15) is 4.79 Å². The average molecular weight is 308 g/mol. The number of halogens is 1. The number of carbonyl (C=O) groups excluding carboxylic acids is 1. The van der Waals surface area contributed by atoms with E-state index in [0.29, 0.717) is 12.1 Å². The minimum atomic E-state index is -0.407. The van der Waals surface area contributed by atoms with Gasteiger partial charge in [-0.2, -0.15) is 5.10 Å². The van der Waals surface area contributed by atoms with Crippen LogP contribution >= 0.6 is 15.9 Å². The van der Waals surface area contributed by atoms with E-state index in [0.717, 1.165) is 21.4 Å². The Hall–Kier alpha value is -1.62. The van der Waals surface area contributed by atoms with Gasteiger partial charge in [-0.25, -0.2) is 0 Å². The third-order valence-electron chi connectivity index (χ3n) is 2.86. The SMILES string of the molecule is Cc1nn(Cc2ccc(C(N)=O)cc2)c(C)c1Br. The molecule has 4 nitrogen and oxygen atoms in total. The summed E-state index contributed by atoms with van der Waals surface area (Å²) >= 11 is 3.50. The number of rotatable bonds is 3. The minimum absolute atomic E-state index is 0.407. The Morgan fingerprint density at radius 3 is 2.39 bits per heavy atom. The molecule has 0 spiro atoms. The molecule has 0 aliphatic heterocycles. The van der Waals surface area contributed by atoms with E-state index >= 15 is 0 Å². The number of primary amides is 1. The van der Waals surface area contributed by atoms with Crippen molar-refractivity contribution >= 4 is 21.8 Å². The minimum Gasteiger partial charge on any atom is -0.366 e. The lowest BCUT2D eigenvalue weighted by Gasteiger charge is -2.05. The molecule has 0 atom stereocenters. The van der Waals surface area contributed by atoms with E-state index in [1.54, 1.807) is 12.1 Å². The quantitative estimate of drug-likeness (QED) is 0.946. The largest absolute Gasteiger partial charge is 0.366 e. The highest BCUT2D eigenvalue weighted by Crippen LogP contribution is 2.20. The molecule has 1 aromatic heterocycles. The predicted molar refractivity (Wildman–Crippen MR) is 73.5 cm³/mol. The Balaban J connectivity index is 2.23. The number of hydrogen-bond donors (Lipinski definition) is 1. The first kappa shape index (κ1) is 12.8. The molecular weight excluding hydrogens is 294 g/mol. The smallest absolute Gasteiger partial charge is 0.248 e. The molecule has 2 N–H and O–H groups in total. The van der Waals surface area contributed by atoms with Gasteiger partial charge in [-0.05, 0) is 47.5 Å². The molecule has 0 saturated heterocycles. The first-order chi connectivity index (χ1) is 8.49. The Bertz CT molecular complexity index is 587. The van der Waals surface area contributed by atoms with Crippen LogP contribution in [0.2, 0.25) is 0 Å². The van der Waals surface area contributed by atoms with Gasteiger partial charge in [0.2, 0.25) is 5.91 Å². The number of nitrogens with two attached hydrogens (primary N) is 1. The average Bonchev–Trinajstić information content (AvgIpc) is 2.58. The van der Waals surface area contributed by atoms with Gasteiger partial charge in [0.05, 0.1) is 22.4 Å². The van der Waals surface area contributed by atoms with Gasteiger partial charge < -0.3 is 5.73 Å². The van der Waals surface area contributed by atoms with Gasteiger partial charge in [0, 0.05) is 5.56 Å². The summed E-state index contributed by atoms with van der Waals surface area (Å²) in [6.07, 6.45) is 0. The van der Waals surface area contributed by atoms with Crippen molar-refractivity contribution in [2.45, 2.75) is 20.4 Å². The third-order valence-corrected chi connectivity index (χ3v) is 4.01. The van der Waals surface area contributed by atoms with E-state index in [2.05, 4.69) is 21.0 Å². The molecule has 0 unspecified atom stereocenters. The lowest BCUT2D eigenvalue weighted by atomic mass is 10.1. The van der Waals surface area contributed by atoms with Crippen LogP contribution in [0.3, 0.4) is 0 Å². The Morgan fingerprint density at radius 2 is 1.94 bits per heavy atom. The van der Waals surface area contributed by atoms with Crippen molar-refractivity contribution in [2.75, 3.05) is 0 Å². The zero-order chi connectivity index (χ0) is 13.3. The second-order valence-electron chi connectivity index (χ2n) is 4.20. The molecule has 0 aliphatic rings. The fourth-order valence-corrected chi connectivity index (χ4v) is 2.06. The van der Waals surface area contributed by atoms with E-state index in [4.69, 9.17) is 5.73 Å². The van der Waals surface area contributed by atoms with Gasteiger partial charge >= 0.3 is 0 Å². The maximum absolute atomic E-state index is 11.0. The number of aryl methyl sites for hydroxylation is 1. The highest BCUT2D eigenvalue weighted by Gasteiger charge is 2.09. The molecule has 5 heteroatoms. The van der Waals surface area contributed by atoms with Crippen LogP contribution in [0.4, 0.5) is 0 Å². The van der Waals surface area contributed by atoms with Crippen molar-refractivity contribution in [1.82, 2.24) is 9.78 Å². The van der Waals surface area contributed by atoms with Crippen LogP contribution < -0.4 is 5.73 Å². The summed E-state index contributed by atoms with van der Waals surface area (Å²) in [4.78, 5) is 11.0. The monoisotopic (exact) mass is 307 g/mol. The van der Waals surface area contributed by atoms with Crippen molar-refractivity contribution in [3.8, 4) is 0 Å². The Labute approximate surface area is 114 Å². The molecule has 1 aromatic carbocycles. The molecule has 0 fully saturated rings. The molecule has 94 valence electrons. The van der Waals surface area contributed by atoms with E-state index < -0.39 is 5.91 Å². The maximum atomic E-state index is 11.0. The van der Waals surface area contributed by atoms with Crippen LogP contribution in [-0.4, -0.2) is 15.7 Å². The van der Waals surface area contributed by atoms with Crippen molar-refractivity contribution in [3.63, 3.8) is 0 Å². The van der Waals surface area contributed by atoms with Crippen molar-refractivity contribution < 1.29 is 4.79 Å². The summed E-state index contributed by atoms with van der Waals surface area (Å²) in [5.74, 6) is -0.407. The molecule has 18 heavy (non-hydrogen) atoms. The Morgan fingerprint density at radius 1 is 1.33 bits per heavy atom. The predicted octanol–water partition coefficient (Wildman–Crippen LogP) is 2.41. The first-order valence-electron chi connectivity index (χ1n) is 5.57. The number of amides is 1. The van der Waals surface area contributed by atoms with Crippen LogP contribution in [0.15, 0.2) is 28.7 Å². The number of hydrogen-bond acceptors (Lipinski definition) is 2. The summed E-state index contributed by atoms with van der Waals surface area (Å²) in [6, 6.07) is 7.26. The molecule has 0 aliphatic carbocycles. The van der Waals surface area contributed by atoms with Crippen molar-refractivity contribution in [2.24, 2.45) is 5.73 Å². The van der Waals surface area contributed by atoms with Crippen LogP contribution in [0, 0.1) is 13.8 Å². The van der Waals surface area contributed by atoms with Crippen LogP contribution in [0.5, 0.6) is 0 Å². The number of nitrogens with zero attached hydrogens (tertiary/aromatic N) is 2. The molecule has 1 heterocycles. The standard InChI is InChI=1S/C13H14BrN3O/c1-8-12(14)9(2)17(16-8)7-10-3-5-11(6-4-10)13(15)18/h3-6H,7H2,1-2H3,(H2,15,18). The highest BCUT2D eigenvalue weighted by atomic mass is 79.9. The van der Waals surface area contributed by atoms with Crippen LogP contribution in [0.25, 0.3) is 0 Å². The Kier molecular flexibility index (Phi) is 3.52. The second kappa shape index (κ2) is 4.94. The molecule has 1 amide bonds. The normalized spacial score (nSPS) is 10.6. The molecule has 0 bridgehead atoms. The summed E-state index contributed by atoms with van der Waals surface area (Å²) in [5, 5.41) is 4.44. The molecule has 2 rings (SSSR count). The van der Waals surface area contributed by atoms with Gasteiger partial charge in [0.1, 0.15) is 0 Å². The maximum Gasteiger partial charge on any atom is 0.248 e. The molecule has 0 saturated carbocycles. The lowest BCUT2D eigenvalue weighted by Crippen LogP contribution is -2.11. The van der Waals surface area contributed by atoms with Gasteiger partial charge in [-0.15, -0.1) is 0 Å². The van der Waals surface area contributed by atoms with Crippen molar-refractivity contribution in [3.05, 3.63) is 51.3 Å². The summed E-state index contributed by atoms with van der Waals surface area (Å²) in [7, 11) is 0. The third kappa shape index (κ3) is 2.46. The van der Waals surface area contributed by atoms with E-state index in [-0.39, 0.29) is 0 Å². The van der Waals surface area contributed by atoms with Gasteiger partial charge in [0.15, 0.2) is 0 Å². The van der Waals surface area contributed by atoms with Crippen molar-refractivity contribution in [1.29, 1.82) is 0 Å². The van der Waals surface area contributed by atoms with Gasteiger partial charge in [0.25, 0.3) is 0 Å². The zero-order valence-corrected chi connectivity index (χ0v) is 11.9. The topological polar surface area (TPSA) is 60.9 Å². The first-order valence-corrected chi connectivity index (χ1v) is 6.36. The second-order valence-corrected chi connectivity index (χ2v) is 5.00. The van der Waals surface area contributed by atoms with E-state index in [1.807, 2.05) is 30.7 Å². The zero-order valence-electron chi connectivity index (χ0n) is 10.3. The van der Waals surface area contributed by atoms with Gasteiger partial charge in [-0.1, -0.05) is 12.1 Å². The number of aromatic nitrogens is 2. The van der Waals surface area contributed by atoms with Gasteiger partial charge in [-0.3, -0.25) is 9.48 Å². The summed E-state index contributed by atoms with van der Waals surface area (Å²) in [6.45, 7) is 4.66. The summed E-state index contributed by atoms with van der Waals surface area (Å²) < 4.78 is 2.97. The molecule has 2 aromatic rings. The number of carbonyl (C=O) groups is 1. The fraction of sp³-hybridized carbons (Fsp3) is 0.231. The fourth-order valence-electron chi connectivity index (χ4n) is 1.78.